The number of alkyl halides is 3. The van der Waals surface area contributed by atoms with Crippen LogP contribution in [0.25, 0.3) is 15.9 Å². The lowest BCUT2D eigenvalue weighted by molar-refractivity contribution is -0.137. The summed E-state index contributed by atoms with van der Waals surface area (Å²) in [5.41, 5.74) is 0.479. The van der Waals surface area contributed by atoms with Crippen LogP contribution in [0.15, 0.2) is 41.2 Å². The molecule has 8 nitrogen and oxygen atoms in total. The van der Waals surface area contributed by atoms with E-state index < -0.39 is 23.5 Å². The number of halogens is 3. The minimum absolute atomic E-state index is 0.0833. The average Bonchev–Trinajstić information content (AvgIpc) is 2.84. The number of aromatic nitrogens is 3. The summed E-state index contributed by atoms with van der Waals surface area (Å²) in [5.74, 6) is 0.476. The van der Waals surface area contributed by atoms with Crippen LogP contribution < -0.4 is 10.6 Å². The van der Waals surface area contributed by atoms with Crippen LogP contribution in [0.2, 0.25) is 0 Å². The Balaban J connectivity index is 1.67. The Labute approximate surface area is 200 Å². The summed E-state index contributed by atoms with van der Waals surface area (Å²) in [6, 6.07) is 7.57. The first-order valence-electron chi connectivity index (χ1n) is 11.1. The Bertz CT molecular complexity index is 1330. The number of hydrogen-bond donors (Lipinski definition) is 1. The van der Waals surface area contributed by atoms with Crippen LogP contribution in [0, 0.1) is 6.57 Å². The van der Waals surface area contributed by atoms with Crippen molar-refractivity contribution in [2.24, 2.45) is 7.05 Å². The summed E-state index contributed by atoms with van der Waals surface area (Å²) in [5, 5.41) is 10.2. The van der Waals surface area contributed by atoms with Crippen LogP contribution in [0.5, 0.6) is 0 Å². The van der Waals surface area contributed by atoms with Crippen molar-refractivity contribution in [1.29, 1.82) is 0 Å². The number of pyridine rings is 1. The van der Waals surface area contributed by atoms with Crippen molar-refractivity contribution in [1.82, 2.24) is 19.4 Å². The predicted octanol–water partition coefficient (Wildman–Crippen LogP) is 3.53. The van der Waals surface area contributed by atoms with Gasteiger partial charge in [-0.1, -0.05) is 18.7 Å². The van der Waals surface area contributed by atoms with E-state index >= 15 is 0 Å². The Kier molecular flexibility index (Phi) is 6.53. The predicted molar refractivity (Wildman–Crippen MR) is 125 cm³/mol. The molecular formula is C24H25F3N6O2. The standard InChI is InChI=1S/C24H25F3N6O2/c1-14-11-33(22-21-19(31(4)23(35)30-22)9-10-20(28-3)29-21)18(13-34)12-32(14)15(2)16-5-7-17(8-6-16)24(25,26)27/h5-10,14-15,18,34H,11-13H2,1-2,4H3/t14-,15?,18-/m1/s1. The molecule has 0 spiro atoms. The highest BCUT2D eigenvalue weighted by atomic mass is 19.4. The third-order valence-corrected chi connectivity index (χ3v) is 6.63. The first-order valence-corrected chi connectivity index (χ1v) is 11.1. The zero-order valence-electron chi connectivity index (χ0n) is 19.5. The van der Waals surface area contributed by atoms with Crippen LogP contribution in [-0.2, 0) is 13.2 Å². The van der Waals surface area contributed by atoms with Gasteiger partial charge in [0.2, 0.25) is 5.52 Å². The molecular weight excluding hydrogens is 461 g/mol. The maximum Gasteiger partial charge on any atom is 0.416 e. The molecule has 184 valence electrons. The van der Waals surface area contributed by atoms with Gasteiger partial charge >= 0.3 is 11.9 Å². The van der Waals surface area contributed by atoms with E-state index in [4.69, 9.17) is 6.57 Å². The fourth-order valence-corrected chi connectivity index (χ4v) is 4.62. The van der Waals surface area contributed by atoms with E-state index in [2.05, 4.69) is 19.7 Å². The van der Waals surface area contributed by atoms with Gasteiger partial charge in [0.25, 0.3) is 5.82 Å². The first-order chi connectivity index (χ1) is 16.5. The molecule has 0 radical (unpaired) electrons. The van der Waals surface area contributed by atoms with E-state index in [1.165, 1.54) is 22.8 Å². The fraction of sp³-hybridized carbons (Fsp3) is 0.417. The van der Waals surface area contributed by atoms with Crippen molar-refractivity contribution in [2.75, 3.05) is 24.6 Å². The molecule has 0 amide bonds. The van der Waals surface area contributed by atoms with Gasteiger partial charge in [-0.15, -0.1) is 4.98 Å². The van der Waals surface area contributed by atoms with Gasteiger partial charge in [0, 0.05) is 32.2 Å². The molecule has 1 N–H and O–H groups in total. The quantitative estimate of drug-likeness (QED) is 0.569. The molecule has 2 aromatic heterocycles. The molecule has 1 saturated heterocycles. The summed E-state index contributed by atoms with van der Waals surface area (Å²) >= 11 is 0. The molecule has 0 aliphatic carbocycles. The third-order valence-electron chi connectivity index (χ3n) is 6.63. The summed E-state index contributed by atoms with van der Waals surface area (Å²) in [6.07, 6.45) is -4.40. The van der Waals surface area contributed by atoms with Gasteiger partial charge in [-0.25, -0.2) is 4.79 Å². The number of aryl methyl sites for hydroxylation is 1. The van der Waals surface area contributed by atoms with Gasteiger partial charge in [0.05, 0.1) is 23.7 Å². The maximum absolute atomic E-state index is 13.0. The number of anilines is 1. The second-order valence-electron chi connectivity index (χ2n) is 8.76. The van der Waals surface area contributed by atoms with Crippen LogP contribution >= 0.6 is 0 Å². The molecule has 3 aromatic rings. The molecule has 0 saturated carbocycles. The number of aliphatic hydroxyl groups excluding tert-OH is 1. The van der Waals surface area contributed by atoms with Crippen molar-refractivity contribution in [2.45, 2.75) is 38.1 Å². The summed E-state index contributed by atoms with van der Waals surface area (Å²) in [6.45, 7) is 11.7. The number of rotatable bonds is 4. The number of nitrogens with zero attached hydrogens (tertiary/aromatic N) is 6. The highest BCUT2D eigenvalue weighted by Crippen LogP contribution is 2.34. The van der Waals surface area contributed by atoms with Crippen molar-refractivity contribution < 1.29 is 18.3 Å². The van der Waals surface area contributed by atoms with Crippen molar-refractivity contribution in [3.8, 4) is 0 Å². The van der Waals surface area contributed by atoms with E-state index in [1.54, 1.807) is 13.1 Å². The number of piperazine rings is 1. The van der Waals surface area contributed by atoms with E-state index in [1.807, 2.05) is 18.7 Å². The second kappa shape index (κ2) is 9.28. The van der Waals surface area contributed by atoms with Crippen LogP contribution in [-0.4, -0.2) is 56.3 Å². The molecule has 1 fully saturated rings. The van der Waals surface area contributed by atoms with Crippen molar-refractivity contribution in [3.05, 3.63) is 69.4 Å². The van der Waals surface area contributed by atoms with Gasteiger partial charge in [-0.05, 0) is 43.7 Å². The molecule has 3 atom stereocenters. The van der Waals surface area contributed by atoms with E-state index in [0.29, 0.717) is 29.9 Å². The smallest absolute Gasteiger partial charge is 0.394 e. The molecule has 3 heterocycles. The topological polar surface area (TPSA) is 78.9 Å². The molecule has 4 rings (SSSR count). The van der Waals surface area contributed by atoms with Gasteiger partial charge in [0.15, 0.2) is 5.82 Å². The zero-order valence-corrected chi connectivity index (χ0v) is 19.5. The normalized spacial score (nSPS) is 20.1. The Hall–Kier alpha value is -3.49. The van der Waals surface area contributed by atoms with E-state index in [9.17, 15) is 23.1 Å². The lowest BCUT2D eigenvalue weighted by atomic mass is 9.99. The van der Waals surface area contributed by atoms with Crippen molar-refractivity contribution >= 4 is 22.7 Å². The molecule has 1 unspecified atom stereocenters. The zero-order chi connectivity index (χ0) is 25.5. The monoisotopic (exact) mass is 486 g/mol. The summed E-state index contributed by atoms with van der Waals surface area (Å²) < 4.78 is 40.2. The SMILES string of the molecule is [C-]#[N+]c1ccc2c(n1)c(N1C[C@@H](C)N(C(C)c3ccc(C(F)(F)F)cc3)C[C@@H]1CO)nc(=O)n2C. The third kappa shape index (κ3) is 4.59. The second-order valence-corrected chi connectivity index (χ2v) is 8.76. The number of fused-ring (bicyclic) bond motifs is 1. The van der Waals surface area contributed by atoms with Gasteiger partial charge in [-0.3, -0.25) is 9.47 Å². The first kappa shape index (κ1) is 24.6. The molecule has 1 aliphatic rings. The van der Waals surface area contributed by atoms with E-state index in [-0.39, 0.29) is 24.5 Å². The minimum Gasteiger partial charge on any atom is -0.394 e. The largest absolute Gasteiger partial charge is 0.416 e. The van der Waals surface area contributed by atoms with E-state index in [0.717, 1.165) is 17.7 Å². The van der Waals surface area contributed by atoms with Crippen LogP contribution in [0.1, 0.15) is 31.0 Å². The fourth-order valence-electron chi connectivity index (χ4n) is 4.62. The van der Waals surface area contributed by atoms with Gasteiger partial charge in [-0.2, -0.15) is 18.2 Å². The summed E-state index contributed by atoms with van der Waals surface area (Å²) in [4.78, 5) is 28.5. The van der Waals surface area contributed by atoms with Crippen LogP contribution in [0.3, 0.4) is 0 Å². The summed E-state index contributed by atoms with van der Waals surface area (Å²) in [7, 11) is 1.58. The van der Waals surface area contributed by atoms with Gasteiger partial charge < -0.3 is 14.9 Å². The Morgan fingerprint density at radius 2 is 1.86 bits per heavy atom. The molecule has 0 bridgehead atoms. The lowest BCUT2D eigenvalue weighted by Crippen LogP contribution is -2.59. The number of hydrogen-bond acceptors (Lipinski definition) is 6. The van der Waals surface area contributed by atoms with Gasteiger partial charge in [0.1, 0.15) is 0 Å². The molecule has 35 heavy (non-hydrogen) atoms. The highest BCUT2D eigenvalue weighted by molar-refractivity contribution is 5.87. The molecule has 1 aliphatic heterocycles. The highest BCUT2D eigenvalue weighted by Gasteiger charge is 2.37. The molecule has 11 heteroatoms. The Morgan fingerprint density at radius 3 is 2.46 bits per heavy atom. The number of aliphatic hydroxyl groups is 1. The van der Waals surface area contributed by atoms with Crippen molar-refractivity contribution in [3.63, 3.8) is 0 Å². The Morgan fingerprint density at radius 1 is 1.17 bits per heavy atom. The maximum atomic E-state index is 13.0. The molecule has 1 aromatic carbocycles. The lowest BCUT2D eigenvalue weighted by Gasteiger charge is -2.47. The number of benzene rings is 1. The average molecular weight is 486 g/mol. The van der Waals surface area contributed by atoms with Crippen LogP contribution in [0.4, 0.5) is 24.8 Å². The minimum atomic E-state index is -4.40.